The topological polar surface area (TPSA) is 75.7 Å². The number of carbonyl (C=O) groups is 1. The van der Waals surface area contributed by atoms with E-state index in [1.165, 1.54) is 6.07 Å². The Morgan fingerprint density at radius 1 is 1.30 bits per heavy atom. The molecule has 1 aliphatic carbocycles. The van der Waals surface area contributed by atoms with Gasteiger partial charge in [0.15, 0.2) is 0 Å². The maximum atomic E-state index is 14.2. The lowest BCUT2D eigenvalue weighted by Gasteiger charge is -2.30. The third-order valence-corrected chi connectivity index (χ3v) is 6.38. The van der Waals surface area contributed by atoms with Crippen molar-refractivity contribution < 1.29 is 22.3 Å². The van der Waals surface area contributed by atoms with Gasteiger partial charge in [-0.25, -0.2) is 17.5 Å². The van der Waals surface area contributed by atoms with Gasteiger partial charge in [-0.15, -0.1) is 0 Å². The summed E-state index contributed by atoms with van der Waals surface area (Å²) in [4.78, 5) is 14.2. The Hall–Kier alpha value is -1.51. The zero-order chi connectivity index (χ0) is 19.4. The summed E-state index contributed by atoms with van der Waals surface area (Å²) in [7, 11) is -3.97. The molecular weight excluding hydrogens is 371 g/mol. The first-order valence-electron chi connectivity index (χ1n) is 9.63. The maximum absolute atomic E-state index is 14.2. The lowest BCUT2D eigenvalue weighted by Crippen LogP contribution is -2.40. The molecule has 1 saturated carbocycles. The molecule has 0 radical (unpaired) electrons. The van der Waals surface area contributed by atoms with Crippen molar-refractivity contribution >= 4 is 15.9 Å². The quantitative estimate of drug-likeness (QED) is 0.731. The average Bonchev–Trinajstić information content (AvgIpc) is 3.45. The van der Waals surface area contributed by atoms with Crippen LogP contribution in [0.25, 0.3) is 0 Å². The molecule has 0 aromatic heterocycles. The molecule has 1 N–H and O–H groups in total. The molecular formula is C19H27FN2O4S. The van der Waals surface area contributed by atoms with Crippen molar-refractivity contribution in [1.29, 1.82) is 0 Å². The molecule has 8 heteroatoms. The Morgan fingerprint density at radius 2 is 2.07 bits per heavy atom. The van der Waals surface area contributed by atoms with E-state index in [4.69, 9.17) is 4.74 Å². The Kier molecular flexibility index (Phi) is 6.49. The second kappa shape index (κ2) is 8.67. The summed E-state index contributed by atoms with van der Waals surface area (Å²) >= 11 is 0. The van der Waals surface area contributed by atoms with Crippen LogP contribution in [0.3, 0.4) is 0 Å². The number of hydrogen-bond acceptors (Lipinski definition) is 4. The van der Waals surface area contributed by atoms with Crippen LogP contribution in [0.5, 0.6) is 0 Å². The number of halogens is 1. The first kappa shape index (κ1) is 20.2. The fraction of sp³-hybridized carbons (Fsp3) is 0.632. The van der Waals surface area contributed by atoms with Crippen molar-refractivity contribution in [2.45, 2.75) is 62.5 Å². The van der Waals surface area contributed by atoms with Crippen molar-refractivity contribution in [3.05, 3.63) is 29.6 Å². The van der Waals surface area contributed by atoms with Gasteiger partial charge in [0, 0.05) is 31.3 Å². The zero-order valence-corrected chi connectivity index (χ0v) is 16.4. The number of benzene rings is 1. The fourth-order valence-electron chi connectivity index (χ4n) is 3.25. The summed E-state index contributed by atoms with van der Waals surface area (Å²) < 4.78 is 47.1. The van der Waals surface area contributed by atoms with Crippen LogP contribution in [-0.2, 0) is 14.8 Å². The van der Waals surface area contributed by atoms with Gasteiger partial charge in [0.05, 0.1) is 6.10 Å². The predicted octanol–water partition coefficient (Wildman–Crippen LogP) is 2.69. The number of carbonyl (C=O) groups excluding carboxylic acids is 1. The first-order valence-corrected chi connectivity index (χ1v) is 11.1. The number of nitrogens with one attached hydrogen (secondary N) is 1. The lowest BCUT2D eigenvalue weighted by atomic mass is 10.1. The number of rotatable bonds is 8. The second-order valence-electron chi connectivity index (χ2n) is 7.28. The lowest BCUT2D eigenvalue weighted by molar-refractivity contribution is -0.00384. The largest absolute Gasteiger partial charge is 0.376 e. The Balaban J connectivity index is 1.79. The number of ether oxygens (including phenoxy) is 1. The maximum Gasteiger partial charge on any atom is 0.253 e. The molecule has 1 aliphatic heterocycles. The number of sulfonamides is 1. The highest BCUT2D eigenvalue weighted by Gasteiger charge is 2.31. The summed E-state index contributed by atoms with van der Waals surface area (Å²) in [6.45, 7) is 3.68. The predicted molar refractivity (Wildman–Crippen MR) is 99.5 cm³/mol. The Bertz CT molecular complexity index is 774. The van der Waals surface area contributed by atoms with Crippen LogP contribution in [0.1, 0.15) is 55.8 Å². The Labute approximate surface area is 160 Å². The van der Waals surface area contributed by atoms with Crippen molar-refractivity contribution in [1.82, 2.24) is 9.62 Å². The molecule has 1 atom stereocenters. The van der Waals surface area contributed by atoms with Gasteiger partial charge in [0.25, 0.3) is 5.91 Å². The molecule has 150 valence electrons. The molecule has 0 bridgehead atoms. The number of nitrogens with zero attached hydrogens (tertiary/aromatic N) is 1. The molecule has 1 amide bonds. The summed E-state index contributed by atoms with van der Waals surface area (Å²) in [5, 5.41) is 0. The SMILES string of the molecule is CCCN(CC1CCCCO1)C(=O)c1ccc(F)c(S(=O)(=O)NC2CC2)c1. The van der Waals surface area contributed by atoms with Crippen LogP contribution in [0.4, 0.5) is 4.39 Å². The molecule has 0 spiro atoms. The molecule has 6 nitrogen and oxygen atoms in total. The van der Waals surface area contributed by atoms with Gasteiger partial charge in [-0.05, 0) is 56.7 Å². The molecule has 27 heavy (non-hydrogen) atoms. The molecule has 1 unspecified atom stereocenters. The average molecular weight is 399 g/mol. The molecule has 2 fully saturated rings. The van der Waals surface area contributed by atoms with E-state index >= 15 is 0 Å². The summed E-state index contributed by atoms with van der Waals surface area (Å²) in [6.07, 6.45) is 5.29. The molecule has 1 saturated heterocycles. The van der Waals surface area contributed by atoms with Crippen LogP contribution in [0.15, 0.2) is 23.1 Å². The van der Waals surface area contributed by atoms with E-state index in [0.29, 0.717) is 19.7 Å². The highest BCUT2D eigenvalue weighted by Crippen LogP contribution is 2.24. The molecule has 1 aromatic rings. The molecule has 3 rings (SSSR count). The summed E-state index contributed by atoms with van der Waals surface area (Å²) in [6, 6.07) is 3.41. The van der Waals surface area contributed by atoms with E-state index in [0.717, 1.165) is 50.7 Å². The van der Waals surface area contributed by atoms with E-state index in [1.54, 1.807) is 4.90 Å². The second-order valence-corrected chi connectivity index (χ2v) is 8.96. The van der Waals surface area contributed by atoms with Crippen LogP contribution in [0.2, 0.25) is 0 Å². The van der Waals surface area contributed by atoms with Crippen molar-refractivity contribution in [2.75, 3.05) is 19.7 Å². The monoisotopic (exact) mass is 398 g/mol. The Morgan fingerprint density at radius 3 is 2.70 bits per heavy atom. The van der Waals surface area contributed by atoms with E-state index in [9.17, 15) is 17.6 Å². The van der Waals surface area contributed by atoms with Crippen LogP contribution < -0.4 is 4.72 Å². The van der Waals surface area contributed by atoms with Crippen LogP contribution >= 0.6 is 0 Å². The smallest absolute Gasteiger partial charge is 0.253 e. The van der Waals surface area contributed by atoms with E-state index < -0.39 is 20.7 Å². The van der Waals surface area contributed by atoms with Crippen molar-refractivity contribution in [3.63, 3.8) is 0 Å². The highest BCUT2D eigenvalue weighted by molar-refractivity contribution is 7.89. The van der Waals surface area contributed by atoms with Gasteiger partial charge in [-0.2, -0.15) is 0 Å². The number of amides is 1. The minimum atomic E-state index is -3.97. The first-order chi connectivity index (χ1) is 12.9. The van der Waals surface area contributed by atoms with Crippen LogP contribution in [-0.4, -0.2) is 51.1 Å². The minimum absolute atomic E-state index is 0.00515. The summed E-state index contributed by atoms with van der Waals surface area (Å²) in [5.41, 5.74) is 0.178. The minimum Gasteiger partial charge on any atom is -0.376 e. The summed E-state index contributed by atoms with van der Waals surface area (Å²) in [5.74, 6) is -1.15. The van der Waals surface area contributed by atoms with Gasteiger partial charge in [0.2, 0.25) is 10.0 Å². The van der Waals surface area contributed by atoms with Gasteiger partial charge in [-0.3, -0.25) is 4.79 Å². The third kappa shape index (κ3) is 5.27. The van der Waals surface area contributed by atoms with Gasteiger partial charge in [0.1, 0.15) is 10.7 Å². The van der Waals surface area contributed by atoms with E-state index in [2.05, 4.69) is 4.72 Å². The van der Waals surface area contributed by atoms with Crippen LogP contribution in [0, 0.1) is 5.82 Å². The normalized spacial score (nSPS) is 20.4. The zero-order valence-electron chi connectivity index (χ0n) is 15.6. The molecule has 2 aliphatic rings. The highest BCUT2D eigenvalue weighted by atomic mass is 32.2. The fourth-order valence-corrected chi connectivity index (χ4v) is 4.66. The van der Waals surface area contributed by atoms with E-state index in [1.807, 2.05) is 6.92 Å². The van der Waals surface area contributed by atoms with Gasteiger partial charge < -0.3 is 9.64 Å². The van der Waals surface area contributed by atoms with E-state index in [-0.39, 0.29) is 23.6 Å². The van der Waals surface area contributed by atoms with Gasteiger partial charge >= 0.3 is 0 Å². The number of hydrogen-bond donors (Lipinski definition) is 1. The molecule has 1 aromatic carbocycles. The standard InChI is InChI=1S/C19H27FN2O4S/c1-2-10-22(13-16-5-3-4-11-26-16)19(23)14-6-9-17(20)18(12-14)27(24,25)21-15-7-8-15/h6,9,12,15-16,21H,2-5,7-8,10-11,13H2,1H3. The van der Waals surface area contributed by atoms with Gasteiger partial charge in [-0.1, -0.05) is 6.92 Å². The molecule has 1 heterocycles. The van der Waals surface area contributed by atoms with Crippen molar-refractivity contribution in [2.24, 2.45) is 0 Å². The van der Waals surface area contributed by atoms with Crippen molar-refractivity contribution in [3.8, 4) is 0 Å². The third-order valence-electron chi connectivity index (χ3n) is 4.85.